The smallest absolute Gasteiger partial charge is 0.122 e. The Morgan fingerprint density at radius 1 is 1.39 bits per heavy atom. The molecule has 0 aliphatic heterocycles. The van der Waals surface area contributed by atoms with E-state index in [0.717, 1.165) is 26.6 Å². The van der Waals surface area contributed by atoms with Crippen molar-refractivity contribution >= 4 is 33.0 Å². The van der Waals surface area contributed by atoms with Gasteiger partial charge in [0.2, 0.25) is 0 Å². The van der Waals surface area contributed by atoms with E-state index in [-0.39, 0.29) is 6.04 Å². The summed E-state index contributed by atoms with van der Waals surface area (Å²) in [6.07, 6.45) is 0. The number of ether oxygens (including phenoxy) is 1. The molecule has 0 bridgehead atoms. The van der Waals surface area contributed by atoms with Crippen LogP contribution in [0.4, 0.5) is 5.69 Å². The van der Waals surface area contributed by atoms with Crippen molar-refractivity contribution in [3.05, 3.63) is 38.8 Å². The van der Waals surface area contributed by atoms with E-state index < -0.39 is 0 Å². The standard InChI is InChI=1S/C13H15BrN2OS/c1-8(13-7-18-9(2)16-13)15-11-4-10(14)5-12(6-11)17-3/h4-8,15H,1-3H3. The topological polar surface area (TPSA) is 34.1 Å². The largest absolute Gasteiger partial charge is 0.497 e. The SMILES string of the molecule is COc1cc(Br)cc(NC(C)c2csc(C)n2)c1. The quantitative estimate of drug-likeness (QED) is 0.904. The molecule has 0 aliphatic carbocycles. The average molecular weight is 327 g/mol. The van der Waals surface area contributed by atoms with E-state index in [4.69, 9.17) is 4.74 Å². The number of aryl methyl sites for hydroxylation is 1. The summed E-state index contributed by atoms with van der Waals surface area (Å²) in [5.41, 5.74) is 2.08. The fourth-order valence-electron chi connectivity index (χ4n) is 1.67. The average Bonchev–Trinajstić information content (AvgIpc) is 2.75. The van der Waals surface area contributed by atoms with E-state index >= 15 is 0 Å². The maximum atomic E-state index is 5.24. The zero-order valence-corrected chi connectivity index (χ0v) is 12.9. The molecule has 0 radical (unpaired) electrons. The summed E-state index contributed by atoms with van der Waals surface area (Å²) in [6.45, 7) is 4.12. The van der Waals surface area contributed by atoms with Gasteiger partial charge in [-0.3, -0.25) is 0 Å². The molecule has 0 saturated carbocycles. The lowest BCUT2D eigenvalue weighted by Crippen LogP contribution is -2.07. The summed E-state index contributed by atoms with van der Waals surface area (Å²) in [7, 11) is 1.67. The Morgan fingerprint density at radius 2 is 2.17 bits per heavy atom. The molecule has 0 fully saturated rings. The summed E-state index contributed by atoms with van der Waals surface area (Å²) >= 11 is 5.14. The highest BCUT2D eigenvalue weighted by atomic mass is 79.9. The minimum atomic E-state index is 0.175. The van der Waals surface area contributed by atoms with Crippen molar-refractivity contribution in [2.45, 2.75) is 19.9 Å². The van der Waals surface area contributed by atoms with Gasteiger partial charge in [0.15, 0.2) is 0 Å². The first kappa shape index (κ1) is 13.4. The molecule has 1 heterocycles. The minimum absolute atomic E-state index is 0.175. The Labute approximate surface area is 119 Å². The van der Waals surface area contributed by atoms with Crippen molar-refractivity contribution in [3.8, 4) is 5.75 Å². The van der Waals surface area contributed by atoms with Crippen LogP contribution in [0.5, 0.6) is 5.75 Å². The lowest BCUT2D eigenvalue weighted by Gasteiger charge is -2.14. The molecule has 0 saturated heterocycles. The number of anilines is 1. The molecule has 3 nitrogen and oxygen atoms in total. The number of hydrogen-bond donors (Lipinski definition) is 1. The number of aromatic nitrogens is 1. The zero-order valence-electron chi connectivity index (χ0n) is 10.5. The van der Waals surface area contributed by atoms with Gasteiger partial charge in [-0.1, -0.05) is 15.9 Å². The van der Waals surface area contributed by atoms with E-state index in [1.165, 1.54) is 0 Å². The number of hydrogen-bond acceptors (Lipinski definition) is 4. The van der Waals surface area contributed by atoms with Gasteiger partial charge in [-0.2, -0.15) is 0 Å². The number of thiazole rings is 1. The molecule has 0 spiro atoms. The first-order valence-electron chi connectivity index (χ1n) is 5.61. The van der Waals surface area contributed by atoms with Gasteiger partial charge < -0.3 is 10.1 Å². The molecule has 18 heavy (non-hydrogen) atoms. The van der Waals surface area contributed by atoms with Crippen LogP contribution in [0.2, 0.25) is 0 Å². The summed E-state index contributed by atoms with van der Waals surface area (Å²) < 4.78 is 6.24. The summed E-state index contributed by atoms with van der Waals surface area (Å²) in [5.74, 6) is 0.827. The Hall–Kier alpha value is -1.07. The molecule has 1 atom stereocenters. The third kappa shape index (κ3) is 3.23. The van der Waals surface area contributed by atoms with Crippen molar-refractivity contribution in [3.63, 3.8) is 0 Å². The van der Waals surface area contributed by atoms with Crippen LogP contribution in [0.15, 0.2) is 28.1 Å². The number of halogens is 1. The highest BCUT2D eigenvalue weighted by Gasteiger charge is 2.09. The van der Waals surface area contributed by atoms with Gasteiger partial charge >= 0.3 is 0 Å². The molecular weight excluding hydrogens is 312 g/mol. The van der Waals surface area contributed by atoms with Crippen LogP contribution < -0.4 is 10.1 Å². The molecule has 2 rings (SSSR count). The van der Waals surface area contributed by atoms with Gasteiger partial charge in [0.05, 0.1) is 23.9 Å². The predicted octanol–water partition coefficient (Wildman–Crippen LogP) is 4.40. The Bertz CT molecular complexity index is 542. The van der Waals surface area contributed by atoms with Crippen molar-refractivity contribution in [2.24, 2.45) is 0 Å². The molecule has 0 aliphatic rings. The van der Waals surface area contributed by atoms with Crippen LogP contribution in [0.1, 0.15) is 23.7 Å². The second-order valence-corrected chi connectivity index (χ2v) is 6.02. The third-order valence-corrected chi connectivity index (χ3v) is 3.82. The van der Waals surface area contributed by atoms with E-state index in [1.807, 2.05) is 25.1 Å². The normalized spacial score (nSPS) is 12.2. The van der Waals surface area contributed by atoms with E-state index in [9.17, 15) is 0 Å². The summed E-state index contributed by atoms with van der Waals surface area (Å²) in [5, 5.41) is 6.60. The van der Waals surface area contributed by atoms with E-state index in [1.54, 1.807) is 18.4 Å². The summed E-state index contributed by atoms with van der Waals surface area (Å²) in [6, 6.07) is 6.11. The molecule has 1 unspecified atom stereocenters. The van der Waals surface area contributed by atoms with Crippen molar-refractivity contribution in [2.75, 3.05) is 12.4 Å². The second-order valence-electron chi connectivity index (χ2n) is 4.04. The molecule has 1 aromatic carbocycles. The fraction of sp³-hybridized carbons (Fsp3) is 0.308. The Balaban J connectivity index is 2.16. The monoisotopic (exact) mass is 326 g/mol. The van der Waals surface area contributed by atoms with Gasteiger partial charge in [0.1, 0.15) is 5.75 Å². The first-order valence-corrected chi connectivity index (χ1v) is 7.29. The molecule has 96 valence electrons. The van der Waals surface area contributed by atoms with Crippen LogP contribution in [0.25, 0.3) is 0 Å². The van der Waals surface area contributed by atoms with Gasteiger partial charge in [-0.15, -0.1) is 11.3 Å². The fourth-order valence-corrected chi connectivity index (χ4v) is 2.85. The van der Waals surface area contributed by atoms with Crippen molar-refractivity contribution in [1.29, 1.82) is 0 Å². The van der Waals surface area contributed by atoms with Crippen LogP contribution >= 0.6 is 27.3 Å². The maximum absolute atomic E-state index is 5.24. The summed E-state index contributed by atoms with van der Waals surface area (Å²) in [4.78, 5) is 4.48. The van der Waals surface area contributed by atoms with Gasteiger partial charge in [0, 0.05) is 21.6 Å². The lowest BCUT2D eigenvalue weighted by molar-refractivity contribution is 0.414. The minimum Gasteiger partial charge on any atom is -0.497 e. The molecule has 5 heteroatoms. The molecule has 1 N–H and O–H groups in total. The highest BCUT2D eigenvalue weighted by molar-refractivity contribution is 9.10. The van der Waals surface area contributed by atoms with Gasteiger partial charge in [0.25, 0.3) is 0 Å². The van der Waals surface area contributed by atoms with E-state index in [0.29, 0.717) is 0 Å². The molecule has 2 aromatic rings. The van der Waals surface area contributed by atoms with E-state index in [2.05, 4.69) is 38.5 Å². The molecule has 0 amide bonds. The molecule has 1 aromatic heterocycles. The van der Waals surface area contributed by atoms with Gasteiger partial charge in [-0.05, 0) is 26.0 Å². The third-order valence-electron chi connectivity index (χ3n) is 2.57. The number of rotatable bonds is 4. The number of nitrogens with one attached hydrogen (secondary N) is 1. The molecular formula is C13H15BrN2OS. The Morgan fingerprint density at radius 3 is 2.78 bits per heavy atom. The first-order chi connectivity index (χ1) is 8.58. The van der Waals surface area contributed by atoms with Crippen molar-refractivity contribution < 1.29 is 4.74 Å². The van der Waals surface area contributed by atoms with Crippen molar-refractivity contribution in [1.82, 2.24) is 4.98 Å². The lowest BCUT2D eigenvalue weighted by atomic mass is 10.2. The van der Waals surface area contributed by atoms with Crippen LogP contribution in [-0.4, -0.2) is 12.1 Å². The number of nitrogens with zero attached hydrogens (tertiary/aromatic N) is 1. The van der Waals surface area contributed by atoms with Crippen LogP contribution in [0.3, 0.4) is 0 Å². The van der Waals surface area contributed by atoms with Crippen LogP contribution in [-0.2, 0) is 0 Å². The van der Waals surface area contributed by atoms with Gasteiger partial charge in [-0.25, -0.2) is 4.98 Å². The maximum Gasteiger partial charge on any atom is 0.122 e. The van der Waals surface area contributed by atoms with Crippen LogP contribution in [0, 0.1) is 6.92 Å². The predicted molar refractivity (Wildman–Crippen MR) is 79.6 cm³/mol. The number of benzene rings is 1. The number of methoxy groups -OCH3 is 1. The highest BCUT2D eigenvalue weighted by Crippen LogP contribution is 2.27. The Kier molecular flexibility index (Phi) is 4.24. The second kappa shape index (κ2) is 5.71. The zero-order chi connectivity index (χ0) is 13.1.